The summed E-state index contributed by atoms with van der Waals surface area (Å²) in [5, 5.41) is 0. The first kappa shape index (κ1) is 18.2. The van der Waals surface area contributed by atoms with Crippen LogP contribution in [0.15, 0.2) is 85.1 Å². The molecule has 0 saturated carbocycles. The number of nitrogens with zero attached hydrogens (tertiary/aromatic N) is 2. The van der Waals surface area contributed by atoms with Gasteiger partial charge in [0.05, 0.1) is 22.8 Å². The van der Waals surface area contributed by atoms with Gasteiger partial charge in [-0.2, -0.15) is 0 Å². The number of para-hydroxylation sites is 1. The van der Waals surface area contributed by atoms with E-state index < -0.39 is 0 Å². The molecule has 4 aliphatic rings. The van der Waals surface area contributed by atoms with Gasteiger partial charge in [0.25, 0.3) is 0 Å². The average molecular weight is 447 g/mol. The van der Waals surface area contributed by atoms with Gasteiger partial charge in [0.1, 0.15) is 0 Å². The van der Waals surface area contributed by atoms with Crippen LogP contribution in [0.4, 0.5) is 17.1 Å². The predicted octanol–water partition coefficient (Wildman–Crippen LogP) is 7.50. The van der Waals surface area contributed by atoms with Crippen LogP contribution in [0.2, 0.25) is 0 Å². The highest BCUT2D eigenvalue weighted by atomic mass is 15.2. The molecule has 2 aliphatic carbocycles. The molecule has 0 amide bonds. The third-order valence-electron chi connectivity index (χ3n) is 8.62. The van der Waals surface area contributed by atoms with E-state index in [4.69, 9.17) is 4.98 Å². The van der Waals surface area contributed by atoms with E-state index >= 15 is 0 Å². The fraction of sp³-hybridized carbons (Fsp3) is 0.121. The highest BCUT2D eigenvalue weighted by Gasteiger charge is 2.36. The van der Waals surface area contributed by atoms with Crippen molar-refractivity contribution in [1.29, 1.82) is 0 Å². The van der Waals surface area contributed by atoms with Gasteiger partial charge in [-0.25, -0.2) is 0 Å². The fourth-order valence-electron chi connectivity index (χ4n) is 7.18. The van der Waals surface area contributed by atoms with Crippen molar-refractivity contribution < 1.29 is 0 Å². The van der Waals surface area contributed by atoms with E-state index in [0.29, 0.717) is 0 Å². The standard InChI is InChI=1S/C33H22N2/c1-2-8-23-19(5-1)15-20-10-11-25-24-12-13-30-27(26(24)18-28(25)32(20)23)16-21-6-3-7-22-17-29-31(9-4-14-34-29)35(30)33(21)22/h1-14H,15-18H2. The van der Waals surface area contributed by atoms with Crippen molar-refractivity contribution in [2.24, 2.45) is 0 Å². The Labute approximate surface area is 204 Å². The van der Waals surface area contributed by atoms with E-state index in [9.17, 15) is 0 Å². The lowest BCUT2D eigenvalue weighted by molar-refractivity contribution is 0.963. The number of aromatic nitrogens is 1. The smallest absolute Gasteiger partial charge is 0.0688 e. The number of fused-ring (bicyclic) bond motifs is 12. The van der Waals surface area contributed by atoms with Crippen LogP contribution in [0.3, 0.4) is 0 Å². The third kappa shape index (κ3) is 2.23. The maximum atomic E-state index is 4.77. The zero-order valence-corrected chi connectivity index (χ0v) is 19.3. The maximum absolute atomic E-state index is 4.77. The Balaban J connectivity index is 1.28. The lowest BCUT2D eigenvalue weighted by Crippen LogP contribution is -2.25. The van der Waals surface area contributed by atoms with Crippen molar-refractivity contribution in [2.45, 2.75) is 25.7 Å². The Morgan fingerprint density at radius 3 is 2.31 bits per heavy atom. The van der Waals surface area contributed by atoms with Crippen LogP contribution in [0.5, 0.6) is 0 Å². The molecule has 35 heavy (non-hydrogen) atoms. The molecule has 0 fully saturated rings. The molecule has 0 N–H and O–H groups in total. The molecule has 2 nitrogen and oxygen atoms in total. The van der Waals surface area contributed by atoms with Crippen LogP contribution in [-0.4, -0.2) is 4.98 Å². The second kappa shape index (κ2) is 6.28. The largest absolute Gasteiger partial charge is 0.308 e. The van der Waals surface area contributed by atoms with Gasteiger partial charge in [0.2, 0.25) is 0 Å². The Bertz CT molecular complexity index is 1760. The molecule has 5 aromatic rings. The van der Waals surface area contributed by atoms with Crippen LogP contribution in [0.25, 0.3) is 22.3 Å². The summed E-state index contributed by atoms with van der Waals surface area (Å²) in [6.07, 6.45) is 5.92. The highest BCUT2D eigenvalue weighted by molar-refractivity contribution is 5.95. The molecule has 0 atom stereocenters. The van der Waals surface area contributed by atoms with Crippen LogP contribution in [0.1, 0.15) is 44.6 Å². The summed E-state index contributed by atoms with van der Waals surface area (Å²) < 4.78 is 0. The molecule has 1 aromatic heterocycles. The summed E-state index contributed by atoms with van der Waals surface area (Å²) in [5.74, 6) is 0. The van der Waals surface area contributed by atoms with E-state index in [2.05, 4.69) is 83.8 Å². The molecule has 0 unspecified atom stereocenters. The number of hydrogen-bond acceptors (Lipinski definition) is 2. The minimum atomic E-state index is 0.910. The number of hydrogen-bond donors (Lipinski definition) is 0. The number of benzene rings is 4. The lowest BCUT2D eigenvalue weighted by Gasteiger charge is -2.39. The SMILES string of the molecule is c1ccc2c(c1)Cc1ccc3c(c1-2)Cc1c-3ccc2c1Cc1cccc3c1N2c1cccnc1C3. The first-order valence-corrected chi connectivity index (χ1v) is 12.6. The van der Waals surface area contributed by atoms with Crippen molar-refractivity contribution in [2.75, 3.05) is 4.90 Å². The molecule has 9 rings (SSSR count). The van der Waals surface area contributed by atoms with E-state index in [1.807, 2.05) is 6.20 Å². The van der Waals surface area contributed by atoms with Gasteiger partial charge >= 0.3 is 0 Å². The van der Waals surface area contributed by atoms with Gasteiger partial charge in [0, 0.05) is 19.0 Å². The van der Waals surface area contributed by atoms with E-state index in [0.717, 1.165) is 25.7 Å². The Hall–Kier alpha value is -4.17. The normalized spacial score (nSPS) is 14.9. The minimum Gasteiger partial charge on any atom is -0.308 e. The van der Waals surface area contributed by atoms with Gasteiger partial charge in [0.15, 0.2) is 0 Å². The fourth-order valence-corrected chi connectivity index (χ4v) is 7.18. The van der Waals surface area contributed by atoms with Crippen LogP contribution in [0, 0.1) is 0 Å². The van der Waals surface area contributed by atoms with Crippen LogP contribution >= 0.6 is 0 Å². The van der Waals surface area contributed by atoms with Crippen molar-refractivity contribution in [3.05, 3.63) is 130 Å². The second-order valence-corrected chi connectivity index (χ2v) is 10.3. The first-order valence-electron chi connectivity index (χ1n) is 12.6. The molecule has 3 heterocycles. The van der Waals surface area contributed by atoms with Crippen LogP contribution < -0.4 is 4.90 Å². The zero-order chi connectivity index (χ0) is 22.7. The van der Waals surface area contributed by atoms with Gasteiger partial charge in [-0.3, -0.25) is 4.98 Å². The molecule has 4 aromatic carbocycles. The summed E-state index contributed by atoms with van der Waals surface area (Å²) in [7, 11) is 0. The summed E-state index contributed by atoms with van der Waals surface area (Å²) in [6, 6.07) is 29.6. The maximum Gasteiger partial charge on any atom is 0.0688 e. The molecule has 2 aliphatic heterocycles. The molecule has 164 valence electrons. The summed E-state index contributed by atoms with van der Waals surface area (Å²) in [4.78, 5) is 7.27. The quantitative estimate of drug-likeness (QED) is 0.240. The summed E-state index contributed by atoms with van der Waals surface area (Å²) in [6.45, 7) is 0. The van der Waals surface area contributed by atoms with Crippen molar-refractivity contribution >= 4 is 17.1 Å². The third-order valence-corrected chi connectivity index (χ3v) is 8.62. The second-order valence-electron chi connectivity index (χ2n) is 10.3. The highest BCUT2D eigenvalue weighted by Crippen LogP contribution is 2.54. The Morgan fingerprint density at radius 2 is 1.34 bits per heavy atom. The molecule has 2 heteroatoms. The van der Waals surface area contributed by atoms with Crippen molar-refractivity contribution in [1.82, 2.24) is 4.98 Å². The number of pyridine rings is 1. The summed E-state index contributed by atoms with van der Waals surface area (Å²) >= 11 is 0. The van der Waals surface area contributed by atoms with Gasteiger partial charge < -0.3 is 4.90 Å². The molecule has 0 saturated heterocycles. The molecular weight excluding hydrogens is 424 g/mol. The minimum absolute atomic E-state index is 0.910. The molecular formula is C33H22N2. The average Bonchev–Trinajstić information content (AvgIpc) is 3.47. The van der Waals surface area contributed by atoms with Gasteiger partial charge in [-0.15, -0.1) is 0 Å². The predicted molar refractivity (Wildman–Crippen MR) is 141 cm³/mol. The Kier molecular flexibility index (Phi) is 3.27. The lowest BCUT2D eigenvalue weighted by atomic mass is 9.85. The Morgan fingerprint density at radius 1 is 0.514 bits per heavy atom. The molecule has 0 bridgehead atoms. The van der Waals surface area contributed by atoms with Crippen molar-refractivity contribution in [3.63, 3.8) is 0 Å². The number of anilines is 3. The van der Waals surface area contributed by atoms with E-state index in [-0.39, 0.29) is 0 Å². The molecule has 0 radical (unpaired) electrons. The summed E-state index contributed by atoms with van der Waals surface area (Å²) in [5.41, 5.74) is 21.2. The van der Waals surface area contributed by atoms with Crippen molar-refractivity contribution in [3.8, 4) is 22.3 Å². The molecule has 0 spiro atoms. The first-order chi connectivity index (χ1) is 17.3. The van der Waals surface area contributed by atoms with Gasteiger partial charge in [-0.1, -0.05) is 60.7 Å². The van der Waals surface area contributed by atoms with E-state index in [1.54, 1.807) is 0 Å². The number of rotatable bonds is 0. The van der Waals surface area contributed by atoms with Crippen LogP contribution in [-0.2, 0) is 25.7 Å². The topological polar surface area (TPSA) is 16.1 Å². The van der Waals surface area contributed by atoms with E-state index in [1.165, 1.54) is 84.0 Å². The van der Waals surface area contributed by atoms with Gasteiger partial charge in [-0.05, 0) is 92.2 Å². The zero-order valence-electron chi connectivity index (χ0n) is 19.3. The monoisotopic (exact) mass is 446 g/mol.